The summed E-state index contributed by atoms with van der Waals surface area (Å²) in [6, 6.07) is 4.07. The molecule has 28 heavy (non-hydrogen) atoms. The van der Waals surface area contributed by atoms with Gasteiger partial charge in [-0.15, -0.1) is 0 Å². The fraction of sp³-hybridized carbons (Fsp3) is 0.650. The monoisotopic (exact) mass is 398 g/mol. The number of aliphatic hydroxyl groups excluding tert-OH is 1. The summed E-state index contributed by atoms with van der Waals surface area (Å²) < 4.78 is 44.2. The third-order valence-corrected chi connectivity index (χ3v) is 6.54. The largest absolute Gasteiger partial charge is 0.416 e. The Morgan fingerprint density at radius 1 is 1.29 bits per heavy atom. The number of rotatable bonds is 2. The number of benzene rings is 1. The lowest BCUT2D eigenvalue weighted by Gasteiger charge is -2.54. The van der Waals surface area contributed by atoms with Crippen LogP contribution in [0.2, 0.25) is 0 Å². The molecule has 0 radical (unpaired) electrons. The summed E-state index contributed by atoms with van der Waals surface area (Å²) in [5.74, 6) is 0.288. The number of aliphatic hydroxyl groups is 1. The van der Waals surface area contributed by atoms with Crippen molar-refractivity contribution in [1.29, 1.82) is 0 Å². The fourth-order valence-electron chi connectivity index (χ4n) is 5.08. The number of amides is 2. The van der Waals surface area contributed by atoms with Gasteiger partial charge in [0.1, 0.15) is 0 Å². The Morgan fingerprint density at radius 2 is 1.96 bits per heavy atom. The summed E-state index contributed by atoms with van der Waals surface area (Å²) in [6.45, 7) is 4.99. The number of hydrogen-bond acceptors (Lipinski definition) is 3. The van der Waals surface area contributed by atoms with Gasteiger partial charge in [0.15, 0.2) is 0 Å². The highest BCUT2D eigenvalue weighted by molar-refractivity contribution is 5.76. The Morgan fingerprint density at radius 3 is 2.61 bits per heavy atom. The Labute approximate surface area is 161 Å². The van der Waals surface area contributed by atoms with Crippen LogP contribution in [0.4, 0.5) is 18.0 Å². The Balaban J connectivity index is 1.49. The molecule has 3 aliphatic rings. The van der Waals surface area contributed by atoms with Crippen molar-refractivity contribution in [2.45, 2.75) is 57.2 Å². The molecule has 2 saturated heterocycles. The minimum Gasteiger partial charge on any atom is -0.391 e. The average Bonchev–Trinajstić information content (AvgIpc) is 3.24. The maximum Gasteiger partial charge on any atom is 0.416 e. The highest BCUT2D eigenvalue weighted by Gasteiger charge is 2.60. The zero-order valence-corrected chi connectivity index (χ0v) is 15.9. The van der Waals surface area contributed by atoms with Gasteiger partial charge in [0.25, 0.3) is 0 Å². The van der Waals surface area contributed by atoms with Crippen LogP contribution in [0, 0.1) is 11.3 Å². The van der Waals surface area contributed by atoms with E-state index in [1.54, 1.807) is 0 Å². The van der Waals surface area contributed by atoms with Crippen LogP contribution in [0.1, 0.15) is 43.9 Å². The standard InChI is InChI=1S/C20H25F3N2O3/c1-19(2)16(14-7-8-28-17(14)19)24-18(27)25-10-13(26)9-15(25)11-3-5-12(6-4-11)20(21,22)23/h3-6,13-17,26H,7-10H2,1-2H3,(H,24,27)/t13-,14+,15-,16-,17+/m1/s1. The van der Waals surface area contributed by atoms with Gasteiger partial charge in [-0.25, -0.2) is 4.79 Å². The number of carbonyl (C=O) groups excluding carboxylic acids is 1. The molecule has 154 valence electrons. The van der Waals surface area contributed by atoms with Crippen LogP contribution in [0.5, 0.6) is 0 Å². The molecule has 0 bridgehead atoms. The predicted octanol–water partition coefficient (Wildman–Crippen LogP) is 3.34. The number of halogens is 3. The van der Waals surface area contributed by atoms with Crippen molar-refractivity contribution in [2.24, 2.45) is 11.3 Å². The molecule has 0 aromatic heterocycles. The van der Waals surface area contributed by atoms with Crippen molar-refractivity contribution in [1.82, 2.24) is 10.2 Å². The van der Waals surface area contributed by atoms with Gasteiger partial charge in [-0.2, -0.15) is 13.2 Å². The molecular formula is C20H25F3N2O3. The summed E-state index contributed by atoms with van der Waals surface area (Å²) in [6.07, 6.45) is -3.74. The number of alkyl halides is 3. The molecule has 4 rings (SSSR count). The number of likely N-dealkylation sites (tertiary alicyclic amines) is 1. The van der Waals surface area contributed by atoms with Crippen molar-refractivity contribution in [2.75, 3.05) is 13.2 Å². The van der Waals surface area contributed by atoms with Crippen molar-refractivity contribution in [3.63, 3.8) is 0 Å². The molecule has 1 aromatic carbocycles. The molecule has 8 heteroatoms. The predicted molar refractivity (Wildman–Crippen MR) is 95.5 cm³/mol. The van der Waals surface area contributed by atoms with Crippen molar-refractivity contribution >= 4 is 6.03 Å². The van der Waals surface area contributed by atoms with Gasteiger partial charge in [-0.05, 0) is 30.5 Å². The van der Waals surface area contributed by atoms with E-state index in [1.807, 2.05) is 0 Å². The van der Waals surface area contributed by atoms with Gasteiger partial charge in [-0.3, -0.25) is 0 Å². The van der Waals surface area contributed by atoms with Gasteiger partial charge < -0.3 is 20.1 Å². The smallest absolute Gasteiger partial charge is 0.391 e. The number of carbonyl (C=O) groups is 1. The minimum atomic E-state index is -4.40. The molecule has 1 aliphatic carbocycles. The maximum atomic E-state index is 13.0. The number of urea groups is 1. The third kappa shape index (κ3) is 3.16. The molecule has 2 amide bonds. The van der Waals surface area contributed by atoms with Crippen LogP contribution in [0.15, 0.2) is 24.3 Å². The SMILES string of the molecule is CC1(C)[C@H](NC(=O)N2C[C@H](O)C[C@@H]2c2ccc(C(F)(F)F)cc2)[C@@H]2CCO[C@@H]21. The first-order valence-electron chi connectivity index (χ1n) is 9.63. The second kappa shape index (κ2) is 6.62. The second-order valence-corrected chi connectivity index (χ2v) is 8.67. The number of nitrogens with one attached hydrogen (secondary N) is 1. The summed E-state index contributed by atoms with van der Waals surface area (Å²) in [5.41, 5.74) is -0.303. The van der Waals surface area contributed by atoms with Crippen molar-refractivity contribution < 1.29 is 27.8 Å². The lowest BCUT2D eigenvalue weighted by atomic mass is 9.57. The van der Waals surface area contributed by atoms with Crippen molar-refractivity contribution in [3.05, 3.63) is 35.4 Å². The summed E-state index contributed by atoms with van der Waals surface area (Å²) in [5, 5.41) is 13.2. The lowest BCUT2D eigenvalue weighted by Crippen LogP contribution is -2.67. The molecule has 2 aliphatic heterocycles. The van der Waals surface area contributed by atoms with E-state index in [0.29, 0.717) is 18.6 Å². The quantitative estimate of drug-likeness (QED) is 0.803. The van der Waals surface area contributed by atoms with E-state index in [9.17, 15) is 23.1 Å². The van der Waals surface area contributed by atoms with Gasteiger partial charge in [-0.1, -0.05) is 26.0 Å². The minimum absolute atomic E-state index is 0.0153. The zero-order valence-electron chi connectivity index (χ0n) is 15.9. The normalized spacial score (nSPS) is 34.1. The lowest BCUT2D eigenvalue weighted by molar-refractivity contribution is -0.137. The van der Waals surface area contributed by atoms with E-state index in [2.05, 4.69) is 19.2 Å². The number of fused-ring (bicyclic) bond motifs is 1. The first-order chi connectivity index (χ1) is 13.1. The van der Waals surface area contributed by atoms with E-state index in [-0.39, 0.29) is 36.1 Å². The molecule has 5 atom stereocenters. The third-order valence-electron chi connectivity index (χ3n) is 6.54. The van der Waals surface area contributed by atoms with E-state index >= 15 is 0 Å². The van der Waals surface area contributed by atoms with Crippen LogP contribution in [0.3, 0.4) is 0 Å². The van der Waals surface area contributed by atoms with E-state index in [1.165, 1.54) is 17.0 Å². The molecule has 0 spiro atoms. The molecule has 1 aromatic rings. The fourth-order valence-corrected chi connectivity index (χ4v) is 5.08. The number of hydrogen-bond donors (Lipinski definition) is 2. The molecule has 0 unspecified atom stereocenters. The maximum absolute atomic E-state index is 13.0. The van der Waals surface area contributed by atoms with Crippen LogP contribution in [-0.4, -0.2) is 47.4 Å². The van der Waals surface area contributed by atoms with E-state index in [4.69, 9.17) is 4.74 Å². The Hall–Kier alpha value is -1.80. The zero-order chi connectivity index (χ0) is 20.3. The van der Waals surface area contributed by atoms with E-state index in [0.717, 1.165) is 18.6 Å². The second-order valence-electron chi connectivity index (χ2n) is 8.67. The average molecular weight is 398 g/mol. The van der Waals surface area contributed by atoms with Crippen LogP contribution < -0.4 is 5.32 Å². The van der Waals surface area contributed by atoms with Crippen LogP contribution in [0.25, 0.3) is 0 Å². The Bertz CT molecular complexity index is 750. The highest BCUT2D eigenvalue weighted by Crippen LogP contribution is 2.52. The Kier molecular flexibility index (Phi) is 4.62. The van der Waals surface area contributed by atoms with Crippen LogP contribution >= 0.6 is 0 Å². The first-order valence-corrected chi connectivity index (χ1v) is 9.63. The van der Waals surface area contributed by atoms with Gasteiger partial charge in [0.05, 0.1) is 23.8 Å². The van der Waals surface area contributed by atoms with Crippen molar-refractivity contribution in [3.8, 4) is 0 Å². The number of nitrogens with zero attached hydrogens (tertiary/aromatic N) is 1. The summed E-state index contributed by atoms with van der Waals surface area (Å²) in [4.78, 5) is 14.5. The summed E-state index contributed by atoms with van der Waals surface area (Å²) >= 11 is 0. The van der Waals surface area contributed by atoms with Gasteiger partial charge >= 0.3 is 12.2 Å². The molecular weight excluding hydrogens is 373 g/mol. The first kappa shape index (κ1) is 19.5. The van der Waals surface area contributed by atoms with Crippen LogP contribution in [-0.2, 0) is 10.9 Å². The van der Waals surface area contributed by atoms with E-state index < -0.39 is 23.9 Å². The molecule has 3 fully saturated rings. The van der Waals surface area contributed by atoms with Gasteiger partial charge in [0.2, 0.25) is 0 Å². The molecule has 5 nitrogen and oxygen atoms in total. The molecule has 1 saturated carbocycles. The highest BCUT2D eigenvalue weighted by atomic mass is 19.4. The number of ether oxygens (including phenoxy) is 1. The van der Waals surface area contributed by atoms with Gasteiger partial charge in [0, 0.05) is 30.5 Å². The summed E-state index contributed by atoms with van der Waals surface area (Å²) in [7, 11) is 0. The molecule has 2 heterocycles. The topological polar surface area (TPSA) is 61.8 Å². The number of β-amino-alcohol motifs (C(OH)–C–C–N with tert-alkyl or cyclic N) is 1. The molecule has 2 N–H and O–H groups in total.